The molecule has 0 aromatic rings. The quantitative estimate of drug-likeness (QED) is 0.523. The van der Waals surface area contributed by atoms with Gasteiger partial charge in [0.25, 0.3) is 0 Å². The Labute approximate surface area is 130 Å². The first-order chi connectivity index (χ1) is 9.94. The predicted octanol–water partition coefficient (Wildman–Crippen LogP) is 1.29. The highest BCUT2D eigenvalue weighted by atomic mass is 35.7. The number of likely N-dealkylation sites (tertiary alicyclic amines) is 1. The minimum atomic E-state index is -4.82. The number of amides is 1. The second kappa shape index (κ2) is 7.03. The van der Waals surface area contributed by atoms with Gasteiger partial charge in [-0.2, -0.15) is 13.2 Å². The molecule has 0 N–H and O–H groups in total. The lowest BCUT2D eigenvalue weighted by molar-refractivity contribution is -0.193. The molecule has 1 aliphatic rings. The van der Waals surface area contributed by atoms with Crippen LogP contribution in [0.1, 0.15) is 19.8 Å². The number of nitrogens with zero attached hydrogens (tertiary/aromatic N) is 1. The smallest absolute Gasteiger partial charge is 0.409 e. The van der Waals surface area contributed by atoms with Crippen molar-refractivity contribution in [3.63, 3.8) is 0 Å². The van der Waals surface area contributed by atoms with Crippen LogP contribution in [-0.2, 0) is 23.4 Å². The van der Waals surface area contributed by atoms with Crippen molar-refractivity contribution in [1.82, 2.24) is 4.90 Å². The van der Waals surface area contributed by atoms with Gasteiger partial charge in [-0.1, -0.05) is 0 Å². The van der Waals surface area contributed by atoms with Crippen LogP contribution in [0.3, 0.4) is 0 Å². The molecular formula is C11H15ClF3NO5S. The fraction of sp³-hybridized carbons (Fsp3) is 0.818. The molecule has 0 saturated carbocycles. The molecular weight excluding hydrogens is 351 g/mol. The molecule has 1 heterocycles. The average Bonchev–Trinajstić information content (AvgIpc) is 2.63. The minimum Gasteiger partial charge on any atom is -0.466 e. The van der Waals surface area contributed by atoms with E-state index in [4.69, 9.17) is 10.7 Å². The Bertz CT molecular complexity index is 536. The van der Waals surface area contributed by atoms with Gasteiger partial charge in [-0.3, -0.25) is 9.59 Å². The summed E-state index contributed by atoms with van der Waals surface area (Å²) in [5, 5.41) is 0. The molecule has 0 spiro atoms. The normalized spacial score (nSPS) is 21.0. The van der Waals surface area contributed by atoms with Crippen LogP contribution in [0, 0.1) is 5.92 Å². The van der Waals surface area contributed by atoms with Crippen LogP contribution in [-0.4, -0.2) is 56.3 Å². The number of carbonyl (C=O) groups is 2. The number of esters is 1. The van der Waals surface area contributed by atoms with Crippen molar-refractivity contribution in [1.29, 1.82) is 0 Å². The van der Waals surface area contributed by atoms with Gasteiger partial charge >= 0.3 is 12.1 Å². The van der Waals surface area contributed by atoms with Crippen molar-refractivity contribution >= 4 is 31.6 Å². The number of ether oxygens (including phenoxy) is 1. The lowest BCUT2D eigenvalue weighted by Gasteiger charge is -2.29. The summed E-state index contributed by atoms with van der Waals surface area (Å²) >= 11 is 0. The molecule has 11 heteroatoms. The molecule has 128 valence electrons. The van der Waals surface area contributed by atoms with Crippen molar-refractivity contribution in [2.45, 2.75) is 32.0 Å². The Hall–Kier alpha value is -1.03. The summed E-state index contributed by atoms with van der Waals surface area (Å²) in [5.74, 6) is -3.37. The molecule has 0 radical (unpaired) electrons. The van der Waals surface area contributed by atoms with Gasteiger partial charge < -0.3 is 9.64 Å². The third-order valence-corrected chi connectivity index (χ3v) is 4.34. The second-order valence-corrected chi connectivity index (χ2v) is 7.71. The minimum absolute atomic E-state index is 0.0789. The molecule has 1 aliphatic heterocycles. The average molecular weight is 366 g/mol. The number of alkyl halides is 3. The maximum absolute atomic E-state index is 13.1. The summed E-state index contributed by atoms with van der Waals surface area (Å²) in [4.78, 5) is 23.5. The number of rotatable bonds is 6. The molecule has 0 bridgehead atoms. The Morgan fingerprint density at radius 2 is 2.09 bits per heavy atom. The van der Waals surface area contributed by atoms with Gasteiger partial charge in [-0.25, -0.2) is 8.42 Å². The molecule has 0 aliphatic carbocycles. The number of hydrogen-bond acceptors (Lipinski definition) is 5. The van der Waals surface area contributed by atoms with Crippen molar-refractivity contribution in [3.8, 4) is 0 Å². The first-order valence-electron chi connectivity index (χ1n) is 6.38. The summed E-state index contributed by atoms with van der Waals surface area (Å²) in [5.41, 5.74) is 0. The molecule has 6 nitrogen and oxygen atoms in total. The Morgan fingerprint density at radius 1 is 1.50 bits per heavy atom. The predicted molar refractivity (Wildman–Crippen MR) is 70.6 cm³/mol. The monoisotopic (exact) mass is 365 g/mol. The summed E-state index contributed by atoms with van der Waals surface area (Å²) in [6.07, 6.45) is -6.21. The van der Waals surface area contributed by atoms with Crippen molar-refractivity contribution < 1.29 is 35.9 Å². The first-order valence-corrected chi connectivity index (χ1v) is 8.86. The molecule has 0 aromatic heterocycles. The molecule has 1 amide bonds. The van der Waals surface area contributed by atoms with E-state index in [1.165, 1.54) is 6.92 Å². The number of hydrogen-bond donors (Lipinski definition) is 0. The van der Waals surface area contributed by atoms with Crippen molar-refractivity contribution in [3.05, 3.63) is 0 Å². The SMILES string of the molecule is CCOC(=O)CC(N1CC(CS(=O)(=O)Cl)CC1=O)C(F)(F)F. The van der Waals surface area contributed by atoms with E-state index in [2.05, 4.69) is 4.74 Å². The highest BCUT2D eigenvalue weighted by molar-refractivity contribution is 8.13. The molecule has 1 fully saturated rings. The summed E-state index contributed by atoms with van der Waals surface area (Å²) in [6.45, 7) is 0.946. The van der Waals surface area contributed by atoms with Crippen LogP contribution < -0.4 is 0 Å². The van der Waals surface area contributed by atoms with E-state index in [1.807, 2.05) is 0 Å². The zero-order valence-corrected chi connectivity index (χ0v) is 13.2. The van der Waals surface area contributed by atoms with E-state index in [9.17, 15) is 31.2 Å². The van der Waals surface area contributed by atoms with E-state index in [0.29, 0.717) is 4.90 Å². The van der Waals surface area contributed by atoms with Crippen LogP contribution in [0.15, 0.2) is 0 Å². The van der Waals surface area contributed by atoms with E-state index in [1.54, 1.807) is 0 Å². The fourth-order valence-corrected chi connectivity index (χ4v) is 3.60. The molecule has 22 heavy (non-hydrogen) atoms. The van der Waals surface area contributed by atoms with Gasteiger partial charge in [-0.05, 0) is 6.92 Å². The van der Waals surface area contributed by atoms with Gasteiger partial charge in [0.15, 0.2) is 0 Å². The van der Waals surface area contributed by atoms with Crippen LogP contribution in [0.25, 0.3) is 0 Å². The van der Waals surface area contributed by atoms with E-state index >= 15 is 0 Å². The van der Waals surface area contributed by atoms with Gasteiger partial charge in [0.05, 0.1) is 18.8 Å². The van der Waals surface area contributed by atoms with Crippen LogP contribution in [0.5, 0.6) is 0 Å². The van der Waals surface area contributed by atoms with E-state index in [0.717, 1.165) is 0 Å². The van der Waals surface area contributed by atoms with Gasteiger partial charge in [-0.15, -0.1) is 0 Å². The largest absolute Gasteiger partial charge is 0.466 e. The molecule has 0 aromatic carbocycles. The summed E-state index contributed by atoms with van der Waals surface area (Å²) in [6, 6.07) is -2.33. The highest BCUT2D eigenvalue weighted by Crippen LogP contribution is 2.33. The zero-order valence-electron chi connectivity index (χ0n) is 11.6. The van der Waals surface area contributed by atoms with Gasteiger partial charge in [0.1, 0.15) is 6.04 Å². The standard InChI is InChI=1S/C11H15ClF3NO5S/c1-2-21-10(18)4-8(11(13,14)15)16-5-7(3-9(16)17)6-22(12,19)20/h7-8H,2-6H2,1H3. The second-order valence-electron chi connectivity index (χ2n) is 4.89. The molecule has 2 atom stereocenters. The third-order valence-electron chi connectivity index (χ3n) is 3.09. The number of halogens is 4. The topological polar surface area (TPSA) is 80.8 Å². The van der Waals surface area contributed by atoms with Crippen LogP contribution in [0.4, 0.5) is 13.2 Å². The van der Waals surface area contributed by atoms with Gasteiger partial charge in [0.2, 0.25) is 15.0 Å². The summed E-state index contributed by atoms with van der Waals surface area (Å²) < 4.78 is 65.6. The third kappa shape index (κ3) is 5.64. The Balaban J connectivity index is 2.87. The maximum atomic E-state index is 13.1. The van der Waals surface area contributed by atoms with Gasteiger partial charge in [0, 0.05) is 29.6 Å². The summed E-state index contributed by atoms with van der Waals surface area (Å²) in [7, 11) is 1.12. The highest BCUT2D eigenvalue weighted by Gasteiger charge is 2.49. The van der Waals surface area contributed by atoms with Crippen molar-refractivity contribution in [2.75, 3.05) is 18.9 Å². The lowest BCUT2D eigenvalue weighted by Crippen LogP contribution is -2.48. The zero-order chi connectivity index (χ0) is 17.1. The van der Waals surface area contributed by atoms with Crippen LogP contribution >= 0.6 is 10.7 Å². The van der Waals surface area contributed by atoms with E-state index in [-0.39, 0.29) is 13.0 Å². The van der Waals surface area contributed by atoms with Crippen molar-refractivity contribution in [2.24, 2.45) is 5.92 Å². The van der Waals surface area contributed by atoms with Crippen LogP contribution in [0.2, 0.25) is 0 Å². The molecule has 1 rings (SSSR count). The first kappa shape index (κ1) is 19.0. The maximum Gasteiger partial charge on any atom is 0.409 e. The number of carbonyl (C=O) groups excluding carboxylic acids is 2. The molecule has 2 unspecified atom stereocenters. The Morgan fingerprint density at radius 3 is 2.55 bits per heavy atom. The Kier molecular flexibility index (Phi) is 6.08. The van der Waals surface area contributed by atoms with E-state index < -0.39 is 57.8 Å². The fourth-order valence-electron chi connectivity index (χ4n) is 2.28. The lowest BCUT2D eigenvalue weighted by atomic mass is 10.1. The molecule has 1 saturated heterocycles.